The molecule has 4 heteroatoms. The van der Waals surface area contributed by atoms with Crippen LogP contribution in [0, 0.1) is 10.1 Å². The minimum atomic E-state index is -0.359. The Kier molecular flexibility index (Phi) is 2.95. The van der Waals surface area contributed by atoms with Gasteiger partial charge in [-0.25, -0.2) is 0 Å². The molecule has 19 heavy (non-hydrogen) atoms. The highest BCUT2D eigenvalue weighted by atomic mass is 79.9. The molecule has 1 aliphatic carbocycles. The summed E-state index contributed by atoms with van der Waals surface area (Å²) < 4.78 is 1.04. The van der Waals surface area contributed by atoms with Crippen LogP contribution in [0.5, 0.6) is 0 Å². The lowest BCUT2D eigenvalue weighted by atomic mass is 9.93. The molecule has 2 aromatic carbocycles. The number of benzene rings is 2. The second-order valence-electron chi connectivity index (χ2n) is 4.44. The molecule has 0 fully saturated rings. The van der Waals surface area contributed by atoms with Gasteiger partial charge in [0.2, 0.25) is 0 Å². The summed E-state index contributed by atoms with van der Waals surface area (Å²) in [5, 5.41) is 10.9. The van der Waals surface area contributed by atoms with E-state index in [4.69, 9.17) is 0 Å². The molecule has 0 bridgehead atoms. The Labute approximate surface area is 118 Å². The predicted molar refractivity (Wildman–Crippen MR) is 78.3 cm³/mol. The lowest BCUT2D eigenvalue weighted by Crippen LogP contribution is -1.99. The third-order valence-electron chi connectivity index (χ3n) is 3.29. The zero-order valence-electron chi connectivity index (χ0n) is 9.92. The summed E-state index contributed by atoms with van der Waals surface area (Å²) in [5.74, 6) is 0.0519. The molecule has 3 nitrogen and oxygen atoms in total. The first-order chi connectivity index (χ1) is 9.16. The van der Waals surface area contributed by atoms with Crippen LogP contribution in [0.25, 0.3) is 6.08 Å². The maximum atomic E-state index is 10.9. The Hall–Kier alpha value is -1.94. The van der Waals surface area contributed by atoms with Crippen LogP contribution in [0.15, 0.2) is 53.0 Å². The van der Waals surface area contributed by atoms with E-state index in [9.17, 15) is 10.1 Å². The Morgan fingerprint density at radius 3 is 2.68 bits per heavy atom. The number of hydrogen-bond donors (Lipinski definition) is 0. The monoisotopic (exact) mass is 315 g/mol. The Morgan fingerprint density at radius 1 is 1.11 bits per heavy atom. The first kappa shape index (κ1) is 12.1. The van der Waals surface area contributed by atoms with Crippen molar-refractivity contribution in [3.8, 4) is 0 Å². The summed E-state index contributed by atoms with van der Waals surface area (Å²) in [6.07, 6.45) is 2.07. The van der Waals surface area contributed by atoms with Crippen LogP contribution in [-0.4, -0.2) is 4.92 Å². The van der Waals surface area contributed by atoms with Crippen LogP contribution in [-0.2, 0) is 0 Å². The smallest absolute Gasteiger partial charge is 0.258 e. The Balaban J connectivity index is 2.11. The van der Waals surface area contributed by atoms with Crippen LogP contribution in [0.4, 0.5) is 5.69 Å². The van der Waals surface area contributed by atoms with Gasteiger partial charge >= 0.3 is 0 Å². The molecule has 0 spiro atoms. The molecule has 0 amide bonds. The molecule has 0 radical (unpaired) electrons. The minimum Gasteiger partial charge on any atom is -0.258 e. The van der Waals surface area contributed by atoms with Gasteiger partial charge in [0, 0.05) is 22.5 Å². The molecular weight excluding hydrogens is 306 g/mol. The maximum Gasteiger partial charge on any atom is 0.269 e. The zero-order valence-corrected chi connectivity index (χ0v) is 11.5. The zero-order chi connectivity index (χ0) is 13.4. The van der Waals surface area contributed by atoms with Crippen LogP contribution >= 0.6 is 15.9 Å². The van der Waals surface area contributed by atoms with Gasteiger partial charge in [0.05, 0.1) is 4.92 Å². The van der Waals surface area contributed by atoms with Crippen molar-refractivity contribution in [1.82, 2.24) is 0 Å². The van der Waals surface area contributed by atoms with E-state index < -0.39 is 0 Å². The minimum absolute atomic E-state index is 0.0519. The third-order valence-corrected chi connectivity index (χ3v) is 3.98. The van der Waals surface area contributed by atoms with Crippen LogP contribution in [0.1, 0.15) is 22.6 Å². The average Bonchev–Trinajstić information content (AvgIpc) is 2.74. The van der Waals surface area contributed by atoms with Gasteiger partial charge in [-0.2, -0.15) is 0 Å². The van der Waals surface area contributed by atoms with Gasteiger partial charge in [0.15, 0.2) is 0 Å². The van der Waals surface area contributed by atoms with Gasteiger partial charge < -0.3 is 0 Å². The van der Waals surface area contributed by atoms with Crippen LogP contribution < -0.4 is 0 Å². The quantitative estimate of drug-likeness (QED) is 0.606. The number of nitro groups is 1. The first-order valence-electron chi connectivity index (χ1n) is 5.87. The van der Waals surface area contributed by atoms with E-state index in [-0.39, 0.29) is 16.5 Å². The standard InChI is InChI=1S/C15H10BrNO2/c16-14-9-10-4-1-2-7-13(10)15(14)11-5-3-6-12(8-11)17(18)19/h1-9,15H. The predicted octanol–water partition coefficient (Wildman–Crippen LogP) is 4.48. The highest BCUT2D eigenvalue weighted by Crippen LogP contribution is 2.44. The van der Waals surface area contributed by atoms with E-state index in [2.05, 4.69) is 28.1 Å². The second-order valence-corrected chi connectivity index (χ2v) is 5.36. The fourth-order valence-corrected chi connectivity index (χ4v) is 3.20. The van der Waals surface area contributed by atoms with Crippen molar-refractivity contribution >= 4 is 27.7 Å². The van der Waals surface area contributed by atoms with E-state index in [0.29, 0.717) is 0 Å². The molecule has 0 heterocycles. The highest BCUT2D eigenvalue weighted by molar-refractivity contribution is 9.11. The van der Waals surface area contributed by atoms with Crippen molar-refractivity contribution in [2.45, 2.75) is 5.92 Å². The second kappa shape index (κ2) is 4.63. The fourth-order valence-electron chi connectivity index (χ4n) is 2.44. The van der Waals surface area contributed by atoms with Gasteiger partial charge in [-0.3, -0.25) is 10.1 Å². The Bertz CT molecular complexity index is 694. The molecule has 0 saturated carbocycles. The van der Waals surface area contributed by atoms with Gasteiger partial charge in [-0.15, -0.1) is 0 Å². The van der Waals surface area contributed by atoms with Gasteiger partial charge in [-0.05, 0) is 22.8 Å². The van der Waals surface area contributed by atoms with Gasteiger partial charge in [0.1, 0.15) is 0 Å². The normalized spacial score (nSPS) is 16.9. The van der Waals surface area contributed by atoms with Crippen molar-refractivity contribution in [2.24, 2.45) is 0 Å². The number of nitrogens with zero attached hydrogens (tertiary/aromatic N) is 1. The number of nitro benzene ring substituents is 1. The lowest BCUT2D eigenvalue weighted by Gasteiger charge is -2.13. The molecular formula is C15H10BrNO2. The number of hydrogen-bond acceptors (Lipinski definition) is 2. The number of fused-ring (bicyclic) bond motifs is 1. The molecule has 1 unspecified atom stereocenters. The van der Waals surface area contributed by atoms with E-state index >= 15 is 0 Å². The van der Waals surface area contributed by atoms with Crippen molar-refractivity contribution in [3.05, 3.63) is 79.8 Å². The fraction of sp³-hybridized carbons (Fsp3) is 0.0667. The van der Waals surface area contributed by atoms with Crippen molar-refractivity contribution < 1.29 is 4.92 Å². The number of halogens is 1. The van der Waals surface area contributed by atoms with Crippen molar-refractivity contribution in [3.63, 3.8) is 0 Å². The molecule has 2 aromatic rings. The third kappa shape index (κ3) is 2.08. The summed E-state index contributed by atoms with van der Waals surface area (Å²) >= 11 is 3.58. The van der Waals surface area contributed by atoms with E-state index in [0.717, 1.165) is 15.6 Å². The lowest BCUT2D eigenvalue weighted by molar-refractivity contribution is -0.384. The number of rotatable bonds is 2. The maximum absolute atomic E-state index is 10.9. The van der Waals surface area contributed by atoms with Crippen LogP contribution in [0.2, 0.25) is 0 Å². The van der Waals surface area contributed by atoms with Gasteiger partial charge in [0.25, 0.3) is 5.69 Å². The van der Waals surface area contributed by atoms with Crippen LogP contribution in [0.3, 0.4) is 0 Å². The number of allylic oxidation sites excluding steroid dienone is 1. The largest absolute Gasteiger partial charge is 0.269 e. The number of non-ortho nitro benzene ring substituents is 1. The van der Waals surface area contributed by atoms with E-state index in [1.807, 2.05) is 24.3 Å². The molecule has 1 atom stereocenters. The average molecular weight is 316 g/mol. The highest BCUT2D eigenvalue weighted by Gasteiger charge is 2.25. The summed E-state index contributed by atoms with van der Waals surface area (Å²) in [5.41, 5.74) is 3.39. The molecule has 94 valence electrons. The van der Waals surface area contributed by atoms with Crippen molar-refractivity contribution in [2.75, 3.05) is 0 Å². The van der Waals surface area contributed by atoms with E-state index in [1.54, 1.807) is 12.1 Å². The molecule has 3 rings (SSSR count). The summed E-state index contributed by atoms with van der Waals surface area (Å²) in [4.78, 5) is 10.5. The van der Waals surface area contributed by atoms with E-state index in [1.165, 1.54) is 11.6 Å². The first-order valence-corrected chi connectivity index (χ1v) is 6.66. The molecule has 0 aliphatic heterocycles. The summed E-state index contributed by atoms with van der Waals surface area (Å²) in [7, 11) is 0. The molecule has 0 N–H and O–H groups in total. The van der Waals surface area contributed by atoms with Crippen molar-refractivity contribution in [1.29, 1.82) is 0 Å². The summed E-state index contributed by atoms with van der Waals surface area (Å²) in [6, 6.07) is 14.9. The summed E-state index contributed by atoms with van der Waals surface area (Å²) in [6.45, 7) is 0. The van der Waals surface area contributed by atoms with Gasteiger partial charge in [-0.1, -0.05) is 52.3 Å². The Morgan fingerprint density at radius 2 is 1.89 bits per heavy atom. The molecule has 0 aromatic heterocycles. The SMILES string of the molecule is O=[N+]([O-])c1cccc(C2C(Br)=Cc3ccccc32)c1. The molecule has 1 aliphatic rings. The molecule has 0 saturated heterocycles. The topological polar surface area (TPSA) is 43.1 Å².